The van der Waals surface area contributed by atoms with Gasteiger partial charge in [0, 0.05) is 28.2 Å². The number of nitriles is 1. The molecule has 0 spiro atoms. The van der Waals surface area contributed by atoms with Crippen molar-refractivity contribution in [3.8, 4) is 11.8 Å². The third kappa shape index (κ3) is 3.87. The molecule has 0 saturated heterocycles. The summed E-state index contributed by atoms with van der Waals surface area (Å²) in [6.07, 6.45) is 4.11. The Morgan fingerprint density at radius 2 is 1.53 bits per heavy atom. The smallest absolute Gasteiger partial charge is 0.119 e. The van der Waals surface area contributed by atoms with Gasteiger partial charge in [-0.05, 0) is 35.0 Å². The van der Waals surface area contributed by atoms with Gasteiger partial charge in [-0.15, -0.1) is 0 Å². The average molecular weight is 415 g/mol. The van der Waals surface area contributed by atoms with Crippen molar-refractivity contribution >= 4 is 33.3 Å². The number of ether oxygens (including phenoxy) is 1. The molecule has 0 aliphatic carbocycles. The molecule has 154 valence electrons. The normalized spacial score (nSPS) is 11.5. The first-order valence-corrected chi connectivity index (χ1v) is 10.7. The number of hydrogen-bond acceptors (Lipinski definition) is 2. The molecule has 0 fully saturated rings. The predicted octanol–water partition coefficient (Wildman–Crippen LogP) is 6.94. The second kappa shape index (κ2) is 8.83. The van der Waals surface area contributed by atoms with Gasteiger partial charge in [0.2, 0.25) is 0 Å². The van der Waals surface area contributed by atoms with E-state index in [-0.39, 0.29) is 0 Å². The van der Waals surface area contributed by atoms with Gasteiger partial charge in [0.1, 0.15) is 12.4 Å². The van der Waals surface area contributed by atoms with E-state index in [1.165, 1.54) is 0 Å². The van der Waals surface area contributed by atoms with E-state index < -0.39 is 0 Å². The lowest BCUT2D eigenvalue weighted by molar-refractivity contribution is 0.300. The molecule has 3 nitrogen and oxygen atoms in total. The Morgan fingerprint density at radius 3 is 2.38 bits per heavy atom. The highest BCUT2D eigenvalue weighted by atomic mass is 16.5. The van der Waals surface area contributed by atoms with E-state index >= 15 is 0 Å². The van der Waals surface area contributed by atoms with E-state index in [2.05, 4.69) is 47.2 Å². The Morgan fingerprint density at radius 1 is 0.812 bits per heavy atom. The summed E-state index contributed by atoms with van der Waals surface area (Å²) in [5, 5.41) is 13.3. The van der Waals surface area contributed by atoms with E-state index in [4.69, 9.17) is 4.74 Å². The summed E-state index contributed by atoms with van der Waals surface area (Å²) in [6.45, 7) is 1.29. The van der Waals surface area contributed by atoms with Gasteiger partial charge in [0.15, 0.2) is 0 Å². The summed E-state index contributed by atoms with van der Waals surface area (Å²) in [5.74, 6) is 0.867. The van der Waals surface area contributed by atoms with Crippen LogP contribution >= 0.6 is 0 Å². The van der Waals surface area contributed by atoms with E-state index in [1.54, 1.807) is 0 Å². The molecule has 0 bridgehead atoms. The monoisotopic (exact) mass is 414 g/mol. The molecular formula is C29H22N2O. The fourth-order valence-electron chi connectivity index (χ4n) is 4.14. The van der Waals surface area contributed by atoms with E-state index in [9.17, 15) is 5.26 Å². The minimum atomic E-state index is 0.570. The number of rotatable bonds is 6. The van der Waals surface area contributed by atoms with Crippen LogP contribution in [0.1, 0.15) is 11.1 Å². The molecule has 0 aliphatic rings. The molecule has 32 heavy (non-hydrogen) atoms. The maximum Gasteiger partial charge on any atom is 0.119 e. The lowest BCUT2D eigenvalue weighted by atomic mass is 9.97. The Balaban J connectivity index is 1.51. The molecule has 3 heteroatoms. The summed E-state index contributed by atoms with van der Waals surface area (Å²) in [4.78, 5) is 0. The van der Waals surface area contributed by atoms with Gasteiger partial charge in [-0.1, -0.05) is 78.9 Å². The van der Waals surface area contributed by atoms with Crippen LogP contribution < -0.4 is 4.74 Å². The zero-order valence-electron chi connectivity index (χ0n) is 17.6. The van der Waals surface area contributed by atoms with Crippen molar-refractivity contribution in [2.24, 2.45) is 0 Å². The molecule has 0 radical (unpaired) electrons. The topological polar surface area (TPSA) is 38.0 Å². The van der Waals surface area contributed by atoms with Crippen LogP contribution in [0.5, 0.6) is 5.75 Å². The molecule has 0 aliphatic heterocycles. The third-order valence-corrected chi connectivity index (χ3v) is 5.66. The van der Waals surface area contributed by atoms with E-state index in [0.717, 1.165) is 45.1 Å². The van der Waals surface area contributed by atoms with Crippen LogP contribution in [-0.2, 0) is 6.54 Å². The minimum absolute atomic E-state index is 0.570. The largest absolute Gasteiger partial charge is 0.492 e. The lowest BCUT2D eigenvalue weighted by Gasteiger charge is -2.08. The van der Waals surface area contributed by atoms with Crippen molar-refractivity contribution < 1.29 is 4.74 Å². The molecule has 0 unspecified atom stereocenters. The first-order chi connectivity index (χ1) is 15.8. The lowest BCUT2D eigenvalue weighted by Crippen LogP contribution is -2.07. The van der Waals surface area contributed by atoms with Crippen LogP contribution in [0.2, 0.25) is 0 Å². The highest BCUT2D eigenvalue weighted by Gasteiger charge is 2.11. The Hall–Kier alpha value is -4.29. The van der Waals surface area contributed by atoms with Crippen LogP contribution in [0.25, 0.3) is 33.3 Å². The molecule has 0 amide bonds. The third-order valence-electron chi connectivity index (χ3n) is 5.66. The molecule has 1 aromatic heterocycles. The summed E-state index contributed by atoms with van der Waals surface area (Å²) in [7, 11) is 0. The number of fused-ring (bicyclic) bond motifs is 2. The second-order valence-electron chi connectivity index (χ2n) is 7.65. The maximum absolute atomic E-state index is 10.0. The number of aromatic nitrogens is 1. The first kappa shape index (κ1) is 19.7. The number of benzene rings is 4. The van der Waals surface area contributed by atoms with Crippen LogP contribution in [0.4, 0.5) is 0 Å². The van der Waals surface area contributed by atoms with Gasteiger partial charge >= 0.3 is 0 Å². The van der Waals surface area contributed by atoms with Gasteiger partial charge in [0.05, 0.1) is 18.2 Å². The fourth-order valence-corrected chi connectivity index (χ4v) is 4.14. The standard InChI is InChI=1S/C29H22N2O/c30-20-23(27-15-8-10-22-9-4-5-13-26(22)27)19-24-21-31(29-16-7-6-14-28(24)29)17-18-32-25-11-2-1-3-12-25/h1-16,19,21H,17-18H2/b23-19+. The van der Waals surface area contributed by atoms with Crippen LogP contribution in [0.3, 0.4) is 0 Å². The summed E-state index contributed by atoms with van der Waals surface area (Å²) in [6, 6.07) is 34.9. The molecule has 0 N–H and O–H groups in total. The average Bonchev–Trinajstić information content (AvgIpc) is 3.20. The van der Waals surface area contributed by atoms with Crippen LogP contribution in [0.15, 0.2) is 103 Å². The van der Waals surface area contributed by atoms with Gasteiger partial charge < -0.3 is 9.30 Å². The van der Waals surface area contributed by atoms with Gasteiger partial charge in [0.25, 0.3) is 0 Å². The van der Waals surface area contributed by atoms with E-state index in [0.29, 0.717) is 12.2 Å². The first-order valence-electron chi connectivity index (χ1n) is 10.7. The van der Waals surface area contributed by atoms with Crippen LogP contribution in [0, 0.1) is 11.3 Å². The van der Waals surface area contributed by atoms with Crippen molar-refractivity contribution in [2.75, 3.05) is 6.61 Å². The van der Waals surface area contributed by atoms with Crippen molar-refractivity contribution in [1.29, 1.82) is 5.26 Å². The van der Waals surface area contributed by atoms with Crippen molar-refractivity contribution in [3.05, 3.63) is 114 Å². The van der Waals surface area contributed by atoms with E-state index in [1.807, 2.05) is 72.8 Å². The zero-order chi connectivity index (χ0) is 21.8. The van der Waals surface area contributed by atoms with Gasteiger partial charge in [-0.2, -0.15) is 5.26 Å². The number of hydrogen-bond donors (Lipinski definition) is 0. The number of nitrogens with zero attached hydrogens (tertiary/aromatic N) is 2. The molecule has 0 atom stereocenters. The number of para-hydroxylation sites is 2. The summed E-state index contributed by atoms with van der Waals surface area (Å²) in [5.41, 5.74) is 3.77. The Bertz CT molecular complexity index is 1450. The van der Waals surface area contributed by atoms with Crippen LogP contribution in [-0.4, -0.2) is 11.2 Å². The predicted molar refractivity (Wildman–Crippen MR) is 131 cm³/mol. The molecule has 0 saturated carbocycles. The Kier molecular flexibility index (Phi) is 5.43. The maximum atomic E-state index is 10.0. The molecule has 4 aromatic carbocycles. The highest BCUT2D eigenvalue weighted by Crippen LogP contribution is 2.29. The SMILES string of the molecule is N#C/C(=C\c1cn(CCOc2ccccc2)c2ccccc12)c1cccc2ccccc12. The quantitative estimate of drug-likeness (QED) is 0.282. The second-order valence-corrected chi connectivity index (χ2v) is 7.65. The van der Waals surface area contributed by atoms with Gasteiger partial charge in [-0.25, -0.2) is 0 Å². The molecule has 5 aromatic rings. The van der Waals surface area contributed by atoms with Crippen molar-refractivity contribution in [1.82, 2.24) is 4.57 Å². The zero-order valence-corrected chi connectivity index (χ0v) is 17.6. The Labute approximate surface area is 187 Å². The number of allylic oxidation sites excluding steroid dienone is 1. The minimum Gasteiger partial charge on any atom is -0.492 e. The fraction of sp³-hybridized carbons (Fsp3) is 0.0690. The van der Waals surface area contributed by atoms with Crippen molar-refractivity contribution in [3.63, 3.8) is 0 Å². The summed E-state index contributed by atoms with van der Waals surface area (Å²) >= 11 is 0. The summed E-state index contributed by atoms with van der Waals surface area (Å²) < 4.78 is 8.10. The highest BCUT2D eigenvalue weighted by molar-refractivity contribution is 6.04. The van der Waals surface area contributed by atoms with Crippen molar-refractivity contribution in [2.45, 2.75) is 6.54 Å². The molecular weight excluding hydrogens is 392 g/mol. The van der Waals surface area contributed by atoms with Gasteiger partial charge in [-0.3, -0.25) is 0 Å². The molecule has 1 heterocycles. The molecule has 5 rings (SSSR count).